The van der Waals surface area contributed by atoms with Crippen molar-refractivity contribution in [2.45, 2.75) is 26.2 Å². The summed E-state index contributed by atoms with van der Waals surface area (Å²) in [7, 11) is 0. The smallest absolute Gasteiger partial charge is 0.154 e. The largest absolute Gasteiger partial charge is 0.232 e. The summed E-state index contributed by atoms with van der Waals surface area (Å²) in [6.45, 7) is 6.55. The summed E-state index contributed by atoms with van der Waals surface area (Å²) in [5, 5.41) is 0. The Kier molecular flexibility index (Phi) is 1.70. The van der Waals surface area contributed by atoms with Gasteiger partial charge >= 0.3 is 0 Å². The van der Waals surface area contributed by atoms with Crippen LogP contribution < -0.4 is 0 Å². The van der Waals surface area contributed by atoms with E-state index in [9.17, 15) is 0 Å². The third-order valence-electron chi connectivity index (χ3n) is 1.68. The Hall–Kier alpha value is -0.480. The van der Waals surface area contributed by atoms with Gasteiger partial charge in [-0.2, -0.15) is 4.37 Å². The maximum atomic E-state index is 4.42. The van der Waals surface area contributed by atoms with Crippen LogP contribution in [0.25, 0.3) is 9.53 Å². The van der Waals surface area contributed by atoms with Crippen molar-refractivity contribution in [2.24, 2.45) is 0 Å². The Morgan fingerprint density at radius 1 is 1.33 bits per heavy atom. The molecule has 0 aromatic carbocycles. The van der Waals surface area contributed by atoms with Crippen LogP contribution >= 0.6 is 22.9 Å². The molecule has 0 radical (unpaired) electrons. The van der Waals surface area contributed by atoms with Gasteiger partial charge in [-0.05, 0) is 11.5 Å². The molecule has 2 heterocycles. The molecule has 0 saturated heterocycles. The summed E-state index contributed by atoms with van der Waals surface area (Å²) >= 11 is 3.18. The van der Waals surface area contributed by atoms with E-state index in [2.05, 4.69) is 30.1 Å². The summed E-state index contributed by atoms with van der Waals surface area (Å²) in [6, 6.07) is 0. The third kappa shape index (κ3) is 1.15. The summed E-state index contributed by atoms with van der Waals surface area (Å²) in [5.41, 5.74) is 3.22. The van der Waals surface area contributed by atoms with E-state index >= 15 is 0 Å². The van der Waals surface area contributed by atoms with E-state index in [1.54, 1.807) is 11.3 Å². The Labute approximate surface area is 79.4 Å². The van der Waals surface area contributed by atoms with Gasteiger partial charge in [0.2, 0.25) is 0 Å². The molecule has 0 fully saturated rings. The molecular weight excluding hydrogens is 188 g/mol. The van der Waals surface area contributed by atoms with Crippen molar-refractivity contribution in [3.05, 3.63) is 11.2 Å². The summed E-state index contributed by atoms with van der Waals surface area (Å²) in [5.74, 6) is 0. The first-order valence-corrected chi connectivity index (χ1v) is 5.43. The molecule has 0 saturated carbocycles. The molecule has 0 N–H and O–H groups in total. The second-order valence-corrected chi connectivity index (χ2v) is 5.37. The monoisotopic (exact) mass is 198 g/mol. The van der Waals surface area contributed by atoms with Crippen molar-refractivity contribution in [1.29, 1.82) is 0 Å². The van der Waals surface area contributed by atoms with E-state index in [0.29, 0.717) is 0 Å². The van der Waals surface area contributed by atoms with E-state index in [0.717, 1.165) is 4.83 Å². The van der Waals surface area contributed by atoms with Gasteiger partial charge in [-0.15, -0.1) is 11.3 Å². The molecule has 12 heavy (non-hydrogen) atoms. The number of thiazole rings is 1. The van der Waals surface area contributed by atoms with Gasteiger partial charge in [0.15, 0.2) is 4.83 Å². The van der Waals surface area contributed by atoms with Gasteiger partial charge in [0.25, 0.3) is 0 Å². The fraction of sp³-hybridized carbons (Fsp3) is 0.500. The molecule has 0 aliphatic heterocycles. The number of fused-ring (bicyclic) bond motifs is 1. The predicted molar refractivity (Wildman–Crippen MR) is 54.0 cm³/mol. The number of aromatic nitrogens is 2. The lowest BCUT2D eigenvalue weighted by Gasteiger charge is -2.14. The van der Waals surface area contributed by atoms with E-state index in [1.165, 1.54) is 21.9 Å². The molecule has 0 aliphatic rings. The highest BCUT2D eigenvalue weighted by atomic mass is 32.1. The van der Waals surface area contributed by atoms with Crippen LogP contribution in [0.4, 0.5) is 0 Å². The van der Waals surface area contributed by atoms with Crippen molar-refractivity contribution >= 4 is 32.4 Å². The zero-order chi connectivity index (χ0) is 8.77. The van der Waals surface area contributed by atoms with Crippen LogP contribution in [0.15, 0.2) is 5.51 Å². The molecular formula is C8H10N2S2. The van der Waals surface area contributed by atoms with Gasteiger partial charge in [0, 0.05) is 5.41 Å². The van der Waals surface area contributed by atoms with Crippen molar-refractivity contribution in [1.82, 2.24) is 9.36 Å². The highest BCUT2D eigenvalue weighted by Crippen LogP contribution is 2.33. The second kappa shape index (κ2) is 2.50. The number of rotatable bonds is 0. The molecule has 0 aliphatic carbocycles. The molecule has 0 spiro atoms. The Morgan fingerprint density at radius 2 is 2.08 bits per heavy atom. The number of nitrogens with zero attached hydrogens (tertiary/aromatic N) is 2. The summed E-state index contributed by atoms with van der Waals surface area (Å²) in [6.07, 6.45) is 0. The molecule has 2 aromatic rings. The lowest BCUT2D eigenvalue weighted by atomic mass is 9.92. The number of hydrogen-bond donors (Lipinski definition) is 0. The average Bonchev–Trinajstić information content (AvgIpc) is 2.37. The number of hydrogen-bond acceptors (Lipinski definition) is 4. The standard InChI is InChI=1S/C8H10N2S2/c1-8(2,3)6-5-7(12-10-6)9-4-11-5/h4H,1-3H3. The average molecular weight is 198 g/mol. The van der Waals surface area contributed by atoms with Gasteiger partial charge in [-0.3, -0.25) is 0 Å². The van der Waals surface area contributed by atoms with Gasteiger partial charge in [0.05, 0.1) is 15.9 Å². The van der Waals surface area contributed by atoms with Crippen LogP contribution in [-0.4, -0.2) is 9.36 Å². The van der Waals surface area contributed by atoms with Crippen molar-refractivity contribution < 1.29 is 0 Å². The van der Waals surface area contributed by atoms with Crippen LogP contribution in [0.2, 0.25) is 0 Å². The van der Waals surface area contributed by atoms with Gasteiger partial charge in [-0.1, -0.05) is 20.8 Å². The Balaban J connectivity index is 2.69. The normalized spacial score (nSPS) is 12.6. The quantitative estimate of drug-likeness (QED) is 0.650. The molecule has 4 heteroatoms. The van der Waals surface area contributed by atoms with E-state index in [1.807, 2.05) is 5.51 Å². The molecule has 0 bridgehead atoms. The SMILES string of the molecule is CC(C)(C)c1nsc2ncsc12. The van der Waals surface area contributed by atoms with Crippen LogP contribution in [0, 0.1) is 0 Å². The minimum absolute atomic E-state index is 0.144. The highest BCUT2D eigenvalue weighted by molar-refractivity contribution is 7.23. The maximum absolute atomic E-state index is 4.42. The van der Waals surface area contributed by atoms with Gasteiger partial charge in [-0.25, -0.2) is 4.98 Å². The van der Waals surface area contributed by atoms with Crippen LogP contribution in [0.5, 0.6) is 0 Å². The fourth-order valence-electron chi connectivity index (χ4n) is 1.07. The fourth-order valence-corrected chi connectivity index (χ4v) is 3.15. The van der Waals surface area contributed by atoms with Crippen LogP contribution in [0.3, 0.4) is 0 Å². The molecule has 64 valence electrons. The molecule has 0 amide bonds. The first-order valence-electron chi connectivity index (χ1n) is 3.78. The maximum Gasteiger partial charge on any atom is 0.154 e. The second-order valence-electron chi connectivity index (χ2n) is 3.77. The van der Waals surface area contributed by atoms with Crippen molar-refractivity contribution in [3.8, 4) is 0 Å². The third-order valence-corrected chi connectivity index (χ3v) is 3.40. The van der Waals surface area contributed by atoms with Crippen LogP contribution in [-0.2, 0) is 5.41 Å². The topological polar surface area (TPSA) is 25.8 Å². The lowest BCUT2D eigenvalue weighted by Crippen LogP contribution is -2.11. The molecule has 2 nitrogen and oxygen atoms in total. The molecule has 0 unspecified atom stereocenters. The van der Waals surface area contributed by atoms with Gasteiger partial charge in [0.1, 0.15) is 0 Å². The van der Waals surface area contributed by atoms with Crippen molar-refractivity contribution in [2.75, 3.05) is 0 Å². The highest BCUT2D eigenvalue weighted by Gasteiger charge is 2.21. The predicted octanol–water partition coefficient (Wildman–Crippen LogP) is 3.05. The van der Waals surface area contributed by atoms with E-state index in [-0.39, 0.29) is 5.41 Å². The molecule has 2 rings (SSSR count). The zero-order valence-corrected chi connectivity index (χ0v) is 8.92. The van der Waals surface area contributed by atoms with Gasteiger partial charge < -0.3 is 0 Å². The summed E-state index contributed by atoms with van der Waals surface area (Å²) < 4.78 is 5.67. The minimum atomic E-state index is 0.144. The lowest BCUT2D eigenvalue weighted by molar-refractivity contribution is 0.582. The van der Waals surface area contributed by atoms with E-state index < -0.39 is 0 Å². The molecule has 0 atom stereocenters. The minimum Gasteiger partial charge on any atom is -0.232 e. The first-order chi connectivity index (χ1) is 5.59. The first kappa shape index (κ1) is 8.13. The van der Waals surface area contributed by atoms with Crippen molar-refractivity contribution in [3.63, 3.8) is 0 Å². The van der Waals surface area contributed by atoms with Crippen LogP contribution in [0.1, 0.15) is 26.5 Å². The summed E-state index contributed by atoms with van der Waals surface area (Å²) in [4.78, 5) is 5.30. The Morgan fingerprint density at radius 3 is 2.75 bits per heavy atom. The van der Waals surface area contributed by atoms with E-state index in [4.69, 9.17) is 0 Å². The zero-order valence-electron chi connectivity index (χ0n) is 7.29. The molecule has 2 aromatic heterocycles. The Bertz CT molecular complexity index is 394.